The summed E-state index contributed by atoms with van der Waals surface area (Å²) in [7, 11) is 0. The highest BCUT2D eigenvalue weighted by atomic mass is 19.3. The molecule has 1 aromatic carbocycles. The van der Waals surface area contributed by atoms with Crippen molar-refractivity contribution in [3.63, 3.8) is 0 Å². The Labute approximate surface area is 88.1 Å². The summed E-state index contributed by atoms with van der Waals surface area (Å²) in [4.78, 5) is 10.8. The van der Waals surface area contributed by atoms with Crippen molar-refractivity contribution in [2.75, 3.05) is 0 Å². The van der Waals surface area contributed by atoms with E-state index in [0.717, 1.165) is 18.8 Å². The quantitative estimate of drug-likeness (QED) is 0.703. The van der Waals surface area contributed by atoms with Gasteiger partial charge in [0.05, 0.1) is 0 Å². The van der Waals surface area contributed by atoms with Crippen molar-refractivity contribution in [3.05, 3.63) is 35.4 Å². The van der Waals surface area contributed by atoms with Crippen molar-refractivity contribution in [2.45, 2.75) is 32.1 Å². The van der Waals surface area contributed by atoms with Crippen molar-refractivity contribution in [2.24, 2.45) is 0 Å². The Morgan fingerprint density at radius 3 is 1.73 bits per heavy atom. The minimum atomic E-state index is -2.83. The third-order valence-electron chi connectivity index (χ3n) is 2.43. The largest absolute Gasteiger partial charge is 0.302 e. The van der Waals surface area contributed by atoms with Gasteiger partial charge in [-0.2, -0.15) is 0 Å². The number of carbonyl (C=O) groups excluding carboxylic acids is 1. The molecular formula is C12H14F2O. The van der Waals surface area contributed by atoms with E-state index in [9.17, 15) is 13.6 Å². The summed E-state index contributed by atoms with van der Waals surface area (Å²) in [6.45, 7) is 4.35. The summed E-state index contributed by atoms with van der Waals surface area (Å²) in [6.07, 6.45) is 0.812. The van der Waals surface area contributed by atoms with Gasteiger partial charge < -0.3 is 4.79 Å². The fourth-order valence-electron chi connectivity index (χ4n) is 1.26. The Hall–Kier alpha value is -1.25. The molecule has 1 rings (SSSR count). The van der Waals surface area contributed by atoms with E-state index in [1.54, 1.807) is 26.0 Å². The lowest BCUT2D eigenvalue weighted by Gasteiger charge is -2.18. The van der Waals surface area contributed by atoms with E-state index < -0.39 is 11.3 Å². The number of hydrogen-bond acceptors (Lipinski definition) is 1. The first kappa shape index (κ1) is 11.8. The zero-order valence-corrected chi connectivity index (χ0v) is 9.05. The molecule has 3 heteroatoms. The van der Waals surface area contributed by atoms with Crippen LogP contribution in [0.4, 0.5) is 8.78 Å². The van der Waals surface area contributed by atoms with Gasteiger partial charge in [0.2, 0.25) is 0 Å². The third kappa shape index (κ3) is 2.61. The van der Waals surface area contributed by atoms with E-state index in [-0.39, 0.29) is 5.56 Å². The van der Waals surface area contributed by atoms with E-state index in [1.165, 1.54) is 12.1 Å². The average Bonchev–Trinajstić information content (AvgIpc) is 2.17. The maximum atomic E-state index is 12.9. The van der Waals surface area contributed by atoms with Crippen LogP contribution in [-0.4, -0.2) is 6.29 Å². The van der Waals surface area contributed by atoms with Gasteiger partial charge in [0.1, 0.15) is 6.29 Å². The van der Waals surface area contributed by atoms with Gasteiger partial charge in [0.15, 0.2) is 0 Å². The maximum Gasteiger partial charge on any atom is 0.270 e. The van der Waals surface area contributed by atoms with E-state index in [2.05, 4.69) is 0 Å². The van der Waals surface area contributed by atoms with Crippen LogP contribution in [0.25, 0.3) is 0 Å². The SMILES string of the molecule is CC(F)(F)c1ccc(C(C)(C)C=O)cc1. The predicted octanol–water partition coefficient (Wildman–Crippen LogP) is 3.27. The molecule has 0 fully saturated rings. The topological polar surface area (TPSA) is 17.1 Å². The number of aldehydes is 1. The smallest absolute Gasteiger partial charge is 0.270 e. The van der Waals surface area contributed by atoms with E-state index >= 15 is 0 Å². The number of rotatable bonds is 3. The monoisotopic (exact) mass is 212 g/mol. The van der Waals surface area contributed by atoms with Gasteiger partial charge in [0, 0.05) is 17.9 Å². The first-order valence-electron chi connectivity index (χ1n) is 4.72. The standard InChI is InChI=1S/C12H14F2O/c1-11(2,8-15)9-4-6-10(7-5-9)12(3,13)14/h4-8H,1-3H3. The van der Waals surface area contributed by atoms with Crippen LogP contribution in [0.3, 0.4) is 0 Å². The molecule has 0 saturated carbocycles. The second-order valence-corrected chi connectivity index (χ2v) is 4.31. The molecule has 0 unspecified atom stereocenters. The molecule has 0 radical (unpaired) electrons. The fraction of sp³-hybridized carbons (Fsp3) is 0.417. The van der Waals surface area contributed by atoms with Crippen LogP contribution < -0.4 is 0 Å². The Balaban J connectivity index is 3.06. The second kappa shape index (κ2) is 3.72. The molecule has 0 saturated heterocycles. The first-order chi connectivity index (χ1) is 6.77. The lowest BCUT2D eigenvalue weighted by Crippen LogP contribution is -2.19. The summed E-state index contributed by atoms with van der Waals surface area (Å²) < 4.78 is 25.8. The molecule has 0 amide bonds. The van der Waals surface area contributed by atoms with E-state index in [1.807, 2.05) is 0 Å². The van der Waals surface area contributed by atoms with Crippen molar-refractivity contribution >= 4 is 6.29 Å². The van der Waals surface area contributed by atoms with Crippen molar-refractivity contribution in [3.8, 4) is 0 Å². The van der Waals surface area contributed by atoms with Crippen molar-refractivity contribution < 1.29 is 13.6 Å². The van der Waals surface area contributed by atoms with Gasteiger partial charge in [-0.1, -0.05) is 24.3 Å². The molecule has 0 spiro atoms. The zero-order valence-electron chi connectivity index (χ0n) is 9.05. The molecule has 1 nitrogen and oxygen atoms in total. The zero-order chi connectivity index (χ0) is 11.7. The number of carbonyl (C=O) groups is 1. The van der Waals surface area contributed by atoms with E-state index in [0.29, 0.717) is 0 Å². The number of hydrogen-bond donors (Lipinski definition) is 0. The van der Waals surface area contributed by atoms with Gasteiger partial charge in [-0.05, 0) is 19.4 Å². The van der Waals surface area contributed by atoms with Gasteiger partial charge in [-0.15, -0.1) is 0 Å². The van der Waals surface area contributed by atoms with E-state index in [4.69, 9.17) is 0 Å². The van der Waals surface area contributed by atoms with Crippen LogP contribution in [0.2, 0.25) is 0 Å². The van der Waals surface area contributed by atoms with Crippen LogP contribution in [0, 0.1) is 0 Å². The molecule has 0 aliphatic rings. The summed E-state index contributed by atoms with van der Waals surface area (Å²) in [5.74, 6) is -2.83. The van der Waals surface area contributed by atoms with Crippen LogP contribution in [0.5, 0.6) is 0 Å². The Kier molecular flexibility index (Phi) is 2.93. The van der Waals surface area contributed by atoms with Gasteiger partial charge in [-0.3, -0.25) is 0 Å². The normalized spacial score (nSPS) is 12.6. The maximum absolute atomic E-state index is 12.9. The van der Waals surface area contributed by atoms with Gasteiger partial charge in [-0.25, -0.2) is 8.78 Å². The summed E-state index contributed by atoms with van der Waals surface area (Å²) >= 11 is 0. The second-order valence-electron chi connectivity index (χ2n) is 4.31. The summed E-state index contributed by atoms with van der Waals surface area (Å²) in [5.41, 5.74) is 0.0834. The highest BCUT2D eigenvalue weighted by Crippen LogP contribution is 2.29. The molecular weight excluding hydrogens is 198 g/mol. The minimum absolute atomic E-state index is 0.0343. The summed E-state index contributed by atoms with van der Waals surface area (Å²) in [5, 5.41) is 0. The number of alkyl halides is 2. The molecule has 0 bridgehead atoms. The molecule has 15 heavy (non-hydrogen) atoms. The molecule has 0 heterocycles. The highest BCUT2D eigenvalue weighted by Gasteiger charge is 2.25. The van der Waals surface area contributed by atoms with Crippen LogP contribution in [0.1, 0.15) is 31.9 Å². The third-order valence-corrected chi connectivity index (χ3v) is 2.43. The van der Waals surface area contributed by atoms with Crippen LogP contribution in [0.15, 0.2) is 24.3 Å². The average molecular weight is 212 g/mol. The number of benzene rings is 1. The predicted molar refractivity (Wildman–Crippen MR) is 55.1 cm³/mol. The highest BCUT2D eigenvalue weighted by molar-refractivity contribution is 5.67. The summed E-state index contributed by atoms with van der Waals surface area (Å²) in [6, 6.07) is 5.86. The lowest BCUT2D eigenvalue weighted by molar-refractivity contribution is -0.111. The molecule has 0 aromatic heterocycles. The Morgan fingerprint density at radius 1 is 1.00 bits per heavy atom. The molecule has 0 aliphatic carbocycles. The minimum Gasteiger partial charge on any atom is -0.302 e. The molecule has 0 atom stereocenters. The molecule has 0 aliphatic heterocycles. The van der Waals surface area contributed by atoms with Crippen LogP contribution in [-0.2, 0) is 16.1 Å². The Bertz CT molecular complexity index is 347. The van der Waals surface area contributed by atoms with Crippen LogP contribution >= 0.6 is 0 Å². The molecule has 0 N–H and O–H groups in total. The number of halogens is 2. The first-order valence-corrected chi connectivity index (χ1v) is 4.72. The molecule has 1 aromatic rings. The fourth-order valence-corrected chi connectivity index (χ4v) is 1.26. The molecule has 82 valence electrons. The van der Waals surface area contributed by atoms with Gasteiger partial charge >= 0.3 is 0 Å². The Morgan fingerprint density at radius 2 is 1.40 bits per heavy atom. The lowest BCUT2D eigenvalue weighted by atomic mass is 9.86. The van der Waals surface area contributed by atoms with Crippen molar-refractivity contribution in [1.82, 2.24) is 0 Å². The van der Waals surface area contributed by atoms with Crippen molar-refractivity contribution in [1.29, 1.82) is 0 Å². The van der Waals surface area contributed by atoms with Gasteiger partial charge in [0.25, 0.3) is 5.92 Å².